The van der Waals surface area contributed by atoms with E-state index in [4.69, 9.17) is 0 Å². The Bertz CT molecular complexity index is 2610. The van der Waals surface area contributed by atoms with E-state index in [9.17, 15) is 0 Å². The summed E-state index contributed by atoms with van der Waals surface area (Å²) in [7, 11) is 0. The van der Waals surface area contributed by atoms with Crippen LogP contribution in [0.2, 0.25) is 0 Å². The summed E-state index contributed by atoms with van der Waals surface area (Å²) in [6, 6.07) is 65.3. The monoisotopic (exact) mass is 704 g/mol. The van der Waals surface area contributed by atoms with Gasteiger partial charge in [0.25, 0.3) is 0 Å². The van der Waals surface area contributed by atoms with Crippen molar-refractivity contribution in [1.29, 1.82) is 0 Å². The van der Waals surface area contributed by atoms with Crippen LogP contribution in [0.5, 0.6) is 0 Å². The van der Waals surface area contributed by atoms with E-state index >= 15 is 0 Å². The fourth-order valence-corrected chi connectivity index (χ4v) is 7.63. The number of hydrogen-bond acceptors (Lipinski definition) is 1. The van der Waals surface area contributed by atoms with E-state index in [1.54, 1.807) is 0 Å². The molecule has 1 aliphatic carbocycles. The number of fused-ring (bicyclic) bond motifs is 3. The Hall–Kier alpha value is -7.16. The highest BCUT2D eigenvalue weighted by molar-refractivity contribution is 5.98. The van der Waals surface area contributed by atoms with Crippen LogP contribution in [0.25, 0.3) is 61.6 Å². The average molecular weight is 705 g/mol. The molecule has 1 heterocycles. The van der Waals surface area contributed by atoms with Crippen molar-refractivity contribution in [2.75, 3.05) is 4.90 Å². The lowest BCUT2D eigenvalue weighted by Crippen LogP contribution is -2.09. The summed E-state index contributed by atoms with van der Waals surface area (Å²) in [5.74, 6) is 0. The lowest BCUT2D eigenvalue weighted by Gasteiger charge is -2.26. The number of rotatable bonds is 7. The van der Waals surface area contributed by atoms with E-state index in [2.05, 4.69) is 234 Å². The van der Waals surface area contributed by atoms with Crippen LogP contribution in [0, 0.1) is 0 Å². The van der Waals surface area contributed by atoms with Crippen LogP contribution < -0.4 is 4.90 Å². The molecule has 2 nitrogen and oxygen atoms in total. The first-order valence-electron chi connectivity index (χ1n) is 18.9. The second-order valence-corrected chi connectivity index (χ2v) is 13.8. The molecule has 9 rings (SSSR count). The van der Waals surface area contributed by atoms with Gasteiger partial charge >= 0.3 is 0 Å². The van der Waals surface area contributed by atoms with Gasteiger partial charge in [0.15, 0.2) is 0 Å². The van der Waals surface area contributed by atoms with Crippen molar-refractivity contribution in [3.8, 4) is 39.1 Å². The molecule has 0 amide bonds. The summed E-state index contributed by atoms with van der Waals surface area (Å²) in [6.07, 6.45) is 13.8. The number of hydrogen-bond donors (Lipinski definition) is 0. The highest BCUT2D eigenvalue weighted by Gasteiger charge is 2.19. The largest absolute Gasteiger partial charge is 0.311 e. The first kappa shape index (κ1) is 33.7. The van der Waals surface area contributed by atoms with Crippen LogP contribution in [0.1, 0.15) is 17.7 Å². The Morgan fingerprint density at radius 1 is 0.436 bits per heavy atom. The SMILES string of the molecule is C=C1/C=C\C=C/C/C=C\c2c1n(-c1cccc(-c3ccc(N(c4ccc(-c5ccccc5)cc4)c4ccc(-c5ccccc5)cc4)cc3)c1)c1ccccc21. The number of anilines is 3. The molecule has 55 heavy (non-hydrogen) atoms. The molecule has 0 atom stereocenters. The van der Waals surface area contributed by atoms with Crippen LogP contribution in [0.3, 0.4) is 0 Å². The zero-order valence-corrected chi connectivity index (χ0v) is 30.6. The molecule has 0 fully saturated rings. The molecule has 1 aromatic heterocycles. The predicted octanol–water partition coefficient (Wildman–Crippen LogP) is 14.6. The molecule has 8 aromatic rings. The van der Waals surface area contributed by atoms with E-state index in [1.165, 1.54) is 38.7 Å². The van der Waals surface area contributed by atoms with Gasteiger partial charge in [-0.05, 0) is 100.0 Å². The van der Waals surface area contributed by atoms with Crippen LogP contribution >= 0.6 is 0 Å². The predicted molar refractivity (Wildman–Crippen MR) is 235 cm³/mol. The van der Waals surface area contributed by atoms with Gasteiger partial charge in [-0.1, -0.05) is 170 Å². The molecule has 262 valence electrons. The third kappa shape index (κ3) is 6.78. The van der Waals surface area contributed by atoms with Crippen molar-refractivity contribution in [2.45, 2.75) is 6.42 Å². The lowest BCUT2D eigenvalue weighted by atomic mass is 10.0. The first-order chi connectivity index (χ1) is 27.2. The molecule has 0 saturated carbocycles. The van der Waals surface area contributed by atoms with E-state index in [1.807, 2.05) is 0 Å². The van der Waals surface area contributed by atoms with Gasteiger partial charge in [-0.15, -0.1) is 0 Å². The number of aromatic nitrogens is 1. The van der Waals surface area contributed by atoms with Crippen molar-refractivity contribution in [2.24, 2.45) is 0 Å². The van der Waals surface area contributed by atoms with Crippen molar-refractivity contribution in [3.05, 3.63) is 230 Å². The van der Waals surface area contributed by atoms with Gasteiger partial charge in [-0.2, -0.15) is 0 Å². The Morgan fingerprint density at radius 3 is 1.55 bits per heavy atom. The molecule has 0 spiro atoms. The number of benzene rings is 7. The summed E-state index contributed by atoms with van der Waals surface area (Å²) in [5, 5.41) is 1.22. The molecule has 0 N–H and O–H groups in total. The number of nitrogens with zero attached hydrogens (tertiary/aromatic N) is 2. The molecule has 0 radical (unpaired) electrons. The highest BCUT2D eigenvalue weighted by Crippen LogP contribution is 2.39. The lowest BCUT2D eigenvalue weighted by molar-refractivity contribution is 1.10. The molecular formula is C53H40N2. The van der Waals surface area contributed by atoms with Gasteiger partial charge < -0.3 is 9.47 Å². The minimum Gasteiger partial charge on any atom is -0.311 e. The molecule has 0 aliphatic heterocycles. The van der Waals surface area contributed by atoms with Crippen molar-refractivity contribution < 1.29 is 0 Å². The topological polar surface area (TPSA) is 8.17 Å². The maximum absolute atomic E-state index is 4.53. The summed E-state index contributed by atoms with van der Waals surface area (Å²) in [4.78, 5) is 2.33. The average Bonchev–Trinajstić information content (AvgIpc) is 3.59. The Kier molecular flexibility index (Phi) is 9.22. The van der Waals surface area contributed by atoms with E-state index < -0.39 is 0 Å². The smallest absolute Gasteiger partial charge is 0.0607 e. The normalized spacial score (nSPS) is 14.2. The minimum atomic E-state index is 0.886. The van der Waals surface area contributed by atoms with Gasteiger partial charge in [0.1, 0.15) is 0 Å². The van der Waals surface area contributed by atoms with Crippen molar-refractivity contribution in [3.63, 3.8) is 0 Å². The minimum absolute atomic E-state index is 0.886. The quantitative estimate of drug-likeness (QED) is 0.160. The van der Waals surface area contributed by atoms with Crippen molar-refractivity contribution >= 4 is 39.6 Å². The van der Waals surface area contributed by atoms with Crippen LogP contribution in [0.15, 0.2) is 219 Å². The zero-order chi connectivity index (χ0) is 37.0. The van der Waals surface area contributed by atoms with Gasteiger partial charge in [-0.25, -0.2) is 0 Å². The first-order valence-corrected chi connectivity index (χ1v) is 18.9. The maximum atomic E-state index is 4.53. The van der Waals surface area contributed by atoms with Gasteiger partial charge in [0.2, 0.25) is 0 Å². The van der Waals surface area contributed by atoms with Gasteiger partial charge in [0.05, 0.1) is 11.2 Å². The van der Waals surface area contributed by atoms with Crippen molar-refractivity contribution in [1.82, 2.24) is 4.57 Å². The number of para-hydroxylation sites is 1. The van der Waals surface area contributed by atoms with Crippen LogP contribution in [-0.2, 0) is 0 Å². The molecule has 0 unspecified atom stereocenters. The second-order valence-electron chi connectivity index (χ2n) is 13.8. The van der Waals surface area contributed by atoms with E-state index in [-0.39, 0.29) is 0 Å². The summed E-state index contributed by atoms with van der Waals surface area (Å²) < 4.78 is 2.37. The summed E-state index contributed by atoms with van der Waals surface area (Å²) in [5.41, 5.74) is 16.0. The Labute approximate surface area is 323 Å². The Morgan fingerprint density at radius 2 is 0.945 bits per heavy atom. The maximum Gasteiger partial charge on any atom is 0.0607 e. The zero-order valence-electron chi connectivity index (χ0n) is 30.6. The standard InChI is InChI=1S/C53H40N2/c1-39-16-7-3-2-4-12-24-51-50-23-13-14-25-52(50)55(53(39)51)49-22-15-21-45(38-49)44-30-36-48(37-31-44)54(46-32-26-42(27-33-46)40-17-8-5-9-18-40)47-34-28-43(29-35-47)41-19-10-6-11-20-41/h2-3,5-38H,1,4H2/b3-2-,16-7-,24-12-. The van der Waals surface area contributed by atoms with E-state index in [0.717, 1.165) is 51.6 Å². The third-order valence-electron chi connectivity index (χ3n) is 10.3. The fourth-order valence-electron chi connectivity index (χ4n) is 7.63. The number of allylic oxidation sites excluding steroid dienone is 6. The van der Waals surface area contributed by atoms with Gasteiger partial charge in [-0.3, -0.25) is 0 Å². The van der Waals surface area contributed by atoms with E-state index in [0.29, 0.717) is 0 Å². The molecular weight excluding hydrogens is 665 g/mol. The second kappa shape index (κ2) is 15.1. The molecule has 7 aromatic carbocycles. The molecule has 2 heteroatoms. The molecule has 0 bridgehead atoms. The fraction of sp³-hybridized carbons (Fsp3) is 0.0189. The molecule has 1 aliphatic rings. The Balaban J connectivity index is 1.10. The third-order valence-corrected chi connectivity index (χ3v) is 10.3. The van der Waals surface area contributed by atoms with Gasteiger partial charge in [0, 0.05) is 33.7 Å². The summed E-state index contributed by atoms with van der Waals surface area (Å²) in [6.45, 7) is 4.53. The van der Waals surface area contributed by atoms with Crippen LogP contribution in [-0.4, -0.2) is 4.57 Å². The molecule has 0 saturated heterocycles. The van der Waals surface area contributed by atoms with Crippen LogP contribution in [0.4, 0.5) is 17.1 Å². The highest BCUT2D eigenvalue weighted by atomic mass is 15.1. The summed E-state index contributed by atoms with van der Waals surface area (Å²) >= 11 is 0.